The fourth-order valence-electron chi connectivity index (χ4n) is 2.67. The summed E-state index contributed by atoms with van der Waals surface area (Å²) in [4.78, 5) is 34.8. The van der Waals surface area contributed by atoms with Crippen molar-refractivity contribution in [3.8, 4) is 0 Å². The third-order valence-corrected chi connectivity index (χ3v) is 4.11. The SMILES string of the molecule is Cc1ncc(NC(=O)[C@H]2CCN2C(=O)OC(C)(C)C)c(C2CC2)n1. The molecule has 1 saturated carbocycles. The highest BCUT2D eigenvalue weighted by molar-refractivity contribution is 5.97. The summed E-state index contributed by atoms with van der Waals surface area (Å²) in [6.07, 6.45) is 4.03. The highest BCUT2D eigenvalue weighted by atomic mass is 16.6. The van der Waals surface area contributed by atoms with Gasteiger partial charge in [0, 0.05) is 12.5 Å². The fraction of sp³-hybridized carbons (Fsp3) is 0.647. The average molecular weight is 332 g/mol. The number of carbonyl (C=O) groups is 2. The molecule has 0 aromatic carbocycles. The van der Waals surface area contributed by atoms with Gasteiger partial charge in [-0.05, 0) is 47.0 Å². The summed E-state index contributed by atoms with van der Waals surface area (Å²) in [7, 11) is 0. The van der Waals surface area contributed by atoms with E-state index in [2.05, 4.69) is 15.3 Å². The molecule has 0 bridgehead atoms. The van der Waals surface area contributed by atoms with Crippen LogP contribution in [0.15, 0.2) is 6.20 Å². The molecule has 1 aliphatic carbocycles. The molecule has 1 aromatic rings. The van der Waals surface area contributed by atoms with Gasteiger partial charge in [-0.1, -0.05) is 0 Å². The zero-order valence-corrected chi connectivity index (χ0v) is 14.6. The topological polar surface area (TPSA) is 84.4 Å². The van der Waals surface area contributed by atoms with E-state index < -0.39 is 17.7 Å². The van der Waals surface area contributed by atoms with Gasteiger partial charge >= 0.3 is 6.09 Å². The molecule has 7 nitrogen and oxygen atoms in total. The number of nitrogens with zero attached hydrogens (tertiary/aromatic N) is 3. The number of amides is 2. The first-order chi connectivity index (χ1) is 11.2. The fourth-order valence-corrected chi connectivity index (χ4v) is 2.67. The summed E-state index contributed by atoms with van der Waals surface area (Å²) in [5, 5.41) is 2.90. The lowest BCUT2D eigenvalue weighted by molar-refractivity contribution is -0.125. The van der Waals surface area contributed by atoms with Gasteiger partial charge in [-0.2, -0.15) is 0 Å². The first-order valence-corrected chi connectivity index (χ1v) is 8.38. The van der Waals surface area contributed by atoms with Gasteiger partial charge in [-0.3, -0.25) is 9.69 Å². The quantitative estimate of drug-likeness (QED) is 0.920. The van der Waals surface area contributed by atoms with E-state index in [9.17, 15) is 9.59 Å². The third kappa shape index (κ3) is 3.66. The Balaban J connectivity index is 1.66. The van der Waals surface area contributed by atoms with E-state index in [1.807, 2.05) is 27.7 Å². The van der Waals surface area contributed by atoms with Crippen molar-refractivity contribution < 1.29 is 14.3 Å². The molecule has 1 atom stereocenters. The van der Waals surface area contributed by atoms with E-state index >= 15 is 0 Å². The van der Waals surface area contributed by atoms with Crippen molar-refractivity contribution in [2.24, 2.45) is 0 Å². The minimum atomic E-state index is -0.572. The normalized spacial score (nSPS) is 20.3. The Morgan fingerprint density at radius 2 is 2.00 bits per heavy atom. The molecule has 0 unspecified atom stereocenters. The van der Waals surface area contributed by atoms with E-state index in [1.165, 1.54) is 4.90 Å². The summed E-state index contributed by atoms with van der Waals surface area (Å²) in [5.41, 5.74) is 0.987. The Kier molecular flexibility index (Phi) is 4.19. The minimum Gasteiger partial charge on any atom is -0.444 e. The maximum atomic E-state index is 12.5. The highest BCUT2D eigenvalue weighted by Crippen LogP contribution is 2.42. The lowest BCUT2D eigenvalue weighted by Gasteiger charge is -2.40. The summed E-state index contributed by atoms with van der Waals surface area (Å²) < 4.78 is 5.34. The van der Waals surface area contributed by atoms with Crippen molar-refractivity contribution in [1.29, 1.82) is 0 Å². The van der Waals surface area contributed by atoms with Crippen LogP contribution < -0.4 is 5.32 Å². The third-order valence-electron chi connectivity index (χ3n) is 4.11. The molecule has 2 aliphatic rings. The van der Waals surface area contributed by atoms with Crippen LogP contribution in [0.2, 0.25) is 0 Å². The predicted molar refractivity (Wildman–Crippen MR) is 88.7 cm³/mol. The Bertz CT molecular complexity index is 664. The molecule has 7 heteroatoms. The van der Waals surface area contributed by atoms with Crippen molar-refractivity contribution in [3.05, 3.63) is 17.7 Å². The van der Waals surface area contributed by atoms with Crippen LogP contribution in [0.3, 0.4) is 0 Å². The Hall–Kier alpha value is -2.18. The lowest BCUT2D eigenvalue weighted by atomic mass is 10.0. The van der Waals surface area contributed by atoms with E-state index in [0.717, 1.165) is 18.5 Å². The molecule has 1 aliphatic heterocycles. The van der Waals surface area contributed by atoms with Crippen molar-refractivity contribution >= 4 is 17.7 Å². The van der Waals surface area contributed by atoms with Crippen LogP contribution >= 0.6 is 0 Å². The van der Waals surface area contributed by atoms with Crippen molar-refractivity contribution in [3.63, 3.8) is 0 Å². The molecule has 24 heavy (non-hydrogen) atoms. The van der Waals surface area contributed by atoms with Crippen LogP contribution in [0.25, 0.3) is 0 Å². The molecule has 2 heterocycles. The minimum absolute atomic E-state index is 0.207. The van der Waals surface area contributed by atoms with Gasteiger partial charge in [0.15, 0.2) is 0 Å². The van der Waals surface area contributed by atoms with Crippen LogP contribution in [0, 0.1) is 6.92 Å². The van der Waals surface area contributed by atoms with Gasteiger partial charge in [0.2, 0.25) is 5.91 Å². The molecular formula is C17H24N4O3. The average Bonchev–Trinajstić information content (AvgIpc) is 3.21. The maximum Gasteiger partial charge on any atom is 0.410 e. The zero-order valence-electron chi connectivity index (χ0n) is 14.6. The standard InChI is InChI=1S/C17H24N4O3/c1-10-18-9-12(14(19-10)11-5-6-11)20-15(22)13-7-8-21(13)16(23)24-17(2,3)4/h9,11,13H,5-8H2,1-4H3,(H,20,22)/t13-/m1/s1. The number of carbonyl (C=O) groups excluding carboxylic acids is 2. The Morgan fingerprint density at radius 3 is 2.54 bits per heavy atom. The number of anilines is 1. The zero-order chi connectivity index (χ0) is 17.5. The van der Waals surface area contributed by atoms with Gasteiger partial charge in [0.1, 0.15) is 17.5 Å². The van der Waals surface area contributed by atoms with E-state index in [4.69, 9.17) is 4.74 Å². The molecule has 1 N–H and O–H groups in total. The van der Waals surface area contributed by atoms with Crippen molar-refractivity contribution in [1.82, 2.24) is 14.9 Å². The largest absolute Gasteiger partial charge is 0.444 e. The van der Waals surface area contributed by atoms with Gasteiger partial charge in [0.25, 0.3) is 0 Å². The van der Waals surface area contributed by atoms with Crippen molar-refractivity contribution in [2.75, 3.05) is 11.9 Å². The number of hydrogen-bond donors (Lipinski definition) is 1. The van der Waals surface area contributed by atoms with Gasteiger partial charge in [-0.15, -0.1) is 0 Å². The van der Waals surface area contributed by atoms with Crippen LogP contribution in [-0.2, 0) is 9.53 Å². The van der Waals surface area contributed by atoms with Crippen LogP contribution in [0.5, 0.6) is 0 Å². The molecular weight excluding hydrogens is 308 g/mol. The highest BCUT2D eigenvalue weighted by Gasteiger charge is 2.40. The van der Waals surface area contributed by atoms with Crippen LogP contribution in [0.1, 0.15) is 57.5 Å². The van der Waals surface area contributed by atoms with Crippen molar-refractivity contribution in [2.45, 2.75) is 64.5 Å². The Morgan fingerprint density at radius 1 is 1.29 bits per heavy atom. The second-order valence-corrected chi connectivity index (χ2v) is 7.46. The summed E-state index contributed by atoms with van der Waals surface area (Å²) >= 11 is 0. The smallest absolute Gasteiger partial charge is 0.410 e. The lowest BCUT2D eigenvalue weighted by Crippen LogP contribution is -2.57. The molecule has 3 rings (SSSR count). The van der Waals surface area contributed by atoms with Gasteiger partial charge < -0.3 is 10.1 Å². The van der Waals surface area contributed by atoms with Gasteiger partial charge in [0.05, 0.1) is 17.6 Å². The van der Waals surface area contributed by atoms with E-state index in [0.29, 0.717) is 30.4 Å². The number of nitrogens with one attached hydrogen (secondary N) is 1. The molecule has 0 radical (unpaired) electrons. The van der Waals surface area contributed by atoms with E-state index in [-0.39, 0.29) is 5.91 Å². The van der Waals surface area contributed by atoms with Gasteiger partial charge in [-0.25, -0.2) is 14.8 Å². The second-order valence-electron chi connectivity index (χ2n) is 7.46. The van der Waals surface area contributed by atoms with Crippen LogP contribution in [-0.4, -0.2) is 45.1 Å². The molecule has 0 spiro atoms. The predicted octanol–water partition coefficient (Wildman–Crippen LogP) is 2.61. The number of likely N-dealkylation sites (tertiary alicyclic amines) is 1. The molecule has 1 aromatic heterocycles. The van der Waals surface area contributed by atoms with Crippen LogP contribution in [0.4, 0.5) is 10.5 Å². The number of rotatable bonds is 3. The second kappa shape index (κ2) is 6.03. The van der Waals surface area contributed by atoms with E-state index in [1.54, 1.807) is 6.20 Å². The maximum absolute atomic E-state index is 12.5. The molecule has 130 valence electrons. The Labute approximate surface area is 141 Å². The first kappa shape index (κ1) is 16.7. The summed E-state index contributed by atoms with van der Waals surface area (Å²) in [6.45, 7) is 7.81. The number of hydrogen-bond acceptors (Lipinski definition) is 5. The number of aryl methyl sites for hydroxylation is 1. The monoisotopic (exact) mass is 332 g/mol. The molecule has 1 saturated heterocycles. The molecule has 2 fully saturated rings. The molecule has 2 amide bonds. The number of ether oxygens (including phenoxy) is 1. The summed E-state index contributed by atoms with van der Waals surface area (Å²) in [6, 6.07) is -0.492. The number of aromatic nitrogens is 2. The summed E-state index contributed by atoms with van der Waals surface area (Å²) in [5.74, 6) is 0.903. The first-order valence-electron chi connectivity index (χ1n) is 8.38.